The number of benzene rings is 2. The first-order valence-electron chi connectivity index (χ1n) is 10.3. The maximum atomic E-state index is 11.7. The van der Waals surface area contributed by atoms with Crippen molar-refractivity contribution in [2.24, 2.45) is 0 Å². The lowest BCUT2D eigenvalue weighted by atomic mass is 9.79. The summed E-state index contributed by atoms with van der Waals surface area (Å²) in [7, 11) is 6.17. The maximum Gasteiger partial charge on any atom is 0.217 e. The summed E-state index contributed by atoms with van der Waals surface area (Å²) in [4.78, 5) is 11.4. The zero-order chi connectivity index (χ0) is 23.7. The third-order valence-corrected chi connectivity index (χ3v) is 5.70. The van der Waals surface area contributed by atoms with E-state index in [1.807, 2.05) is 13.0 Å². The van der Waals surface area contributed by atoms with Gasteiger partial charge in [-0.2, -0.15) is 5.26 Å². The van der Waals surface area contributed by atoms with Crippen molar-refractivity contribution < 1.29 is 23.9 Å². The van der Waals surface area contributed by atoms with E-state index in [4.69, 9.17) is 18.9 Å². The molecular weight excluding hydrogens is 412 g/mol. The van der Waals surface area contributed by atoms with Crippen molar-refractivity contribution in [3.05, 3.63) is 57.6 Å². The molecule has 2 rings (SSSR count). The number of methoxy groups -OCH3 is 4. The minimum Gasteiger partial charge on any atom is -0.493 e. The van der Waals surface area contributed by atoms with E-state index < -0.39 is 11.5 Å². The molecule has 8 nitrogen and oxygen atoms in total. The average Bonchev–Trinajstić information content (AvgIpc) is 2.82. The number of ether oxygens (including phenoxy) is 4. The lowest BCUT2D eigenvalue weighted by Gasteiger charge is -2.23. The normalized spacial score (nSPS) is 13.4. The average molecular weight is 443 g/mol. The van der Waals surface area contributed by atoms with Crippen molar-refractivity contribution >= 4 is 0 Å². The molecule has 0 aromatic heterocycles. The fraction of sp³-hybridized carbons (Fsp3) is 0.458. The molecule has 2 aromatic carbocycles. The first-order valence-corrected chi connectivity index (χ1v) is 10.3. The summed E-state index contributed by atoms with van der Waals surface area (Å²) >= 11 is 0. The summed E-state index contributed by atoms with van der Waals surface area (Å²) in [5.74, 6) is 2.24. The molecule has 0 aliphatic heterocycles. The number of rotatable bonds is 12. The minimum absolute atomic E-state index is 0.253. The number of nitriles is 1. The van der Waals surface area contributed by atoms with Crippen LogP contribution in [0.3, 0.4) is 0 Å². The highest BCUT2D eigenvalue weighted by atomic mass is 16.6. The molecule has 0 heterocycles. The van der Waals surface area contributed by atoms with Crippen LogP contribution >= 0.6 is 0 Å². The molecule has 0 saturated heterocycles. The molecule has 2 aromatic rings. The van der Waals surface area contributed by atoms with Crippen LogP contribution in [0.5, 0.6) is 23.0 Å². The van der Waals surface area contributed by atoms with Gasteiger partial charge in [-0.05, 0) is 55.2 Å². The number of hydrogen-bond acceptors (Lipinski definition) is 7. The molecule has 0 N–H and O–H groups in total. The Morgan fingerprint density at radius 1 is 0.969 bits per heavy atom. The van der Waals surface area contributed by atoms with Crippen LogP contribution in [0.25, 0.3) is 0 Å². The van der Waals surface area contributed by atoms with Crippen LogP contribution < -0.4 is 18.9 Å². The Bertz CT molecular complexity index is 971. The van der Waals surface area contributed by atoms with Crippen LogP contribution in [0.1, 0.15) is 37.3 Å². The zero-order valence-electron chi connectivity index (χ0n) is 19.2. The molecule has 0 amide bonds. The van der Waals surface area contributed by atoms with E-state index in [9.17, 15) is 15.4 Å². The highest BCUT2D eigenvalue weighted by Gasteiger charge is 2.29. The van der Waals surface area contributed by atoms with Gasteiger partial charge in [-0.15, -0.1) is 0 Å². The van der Waals surface area contributed by atoms with Crippen LogP contribution in [-0.2, 0) is 11.8 Å². The highest BCUT2D eigenvalue weighted by molar-refractivity contribution is 5.47. The third-order valence-electron chi connectivity index (χ3n) is 5.70. The number of nitro groups is 1. The van der Waals surface area contributed by atoms with Crippen LogP contribution in [0.4, 0.5) is 0 Å². The topological polar surface area (TPSA) is 104 Å². The van der Waals surface area contributed by atoms with E-state index in [-0.39, 0.29) is 11.3 Å². The van der Waals surface area contributed by atoms with Gasteiger partial charge in [-0.1, -0.05) is 12.1 Å². The van der Waals surface area contributed by atoms with Crippen molar-refractivity contribution in [1.29, 1.82) is 5.26 Å². The van der Waals surface area contributed by atoms with Gasteiger partial charge in [-0.3, -0.25) is 10.1 Å². The molecule has 0 saturated carbocycles. The largest absolute Gasteiger partial charge is 0.493 e. The van der Waals surface area contributed by atoms with Crippen LogP contribution in [-0.4, -0.2) is 39.4 Å². The molecule has 0 aliphatic rings. The standard InChI is InChI=1S/C24H30N2O6/c1-24(16-25,18-9-11-21(30-3)23(15-18)32-5)12-6-7-19(26(27)28)13-17-8-10-20(29-2)22(14-17)31-4/h8-11,14-15,19H,6-7,12-13H2,1-5H3. The molecule has 8 heteroatoms. The van der Waals surface area contributed by atoms with Gasteiger partial charge in [0, 0.05) is 17.8 Å². The molecule has 0 bridgehead atoms. The lowest BCUT2D eigenvalue weighted by Crippen LogP contribution is -2.25. The van der Waals surface area contributed by atoms with Gasteiger partial charge in [0.15, 0.2) is 23.0 Å². The Balaban J connectivity index is 2.10. The first-order chi connectivity index (χ1) is 15.3. The van der Waals surface area contributed by atoms with Gasteiger partial charge < -0.3 is 18.9 Å². The summed E-state index contributed by atoms with van der Waals surface area (Å²) in [6, 6.07) is 12.3. The van der Waals surface area contributed by atoms with Gasteiger partial charge in [0.05, 0.1) is 39.9 Å². The van der Waals surface area contributed by atoms with Crippen LogP contribution in [0, 0.1) is 21.4 Å². The van der Waals surface area contributed by atoms with Crippen molar-refractivity contribution in [1.82, 2.24) is 0 Å². The van der Waals surface area contributed by atoms with E-state index in [0.717, 1.165) is 11.1 Å². The molecule has 32 heavy (non-hydrogen) atoms. The Morgan fingerprint density at radius 3 is 2.06 bits per heavy atom. The number of hydrogen-bond donors (Lipinski definition) is 0. The second kappa shape index (κ2) is 11.2. The predicted molar refractivity (Wildman–Crippen MR) is 120 cm³/mol. The predicted octanol–water partition coefficient (Wildman–Crippen LogP) is 4.56. The van der Waals surface area contributed by atoms with Gasteiger partial charge in [0.25, 0.3) is 0 Å². The van der Waals surface area contributed by atoms with Gasteiger partial charge >= 0.3 is 0 Å². The summed E-state index contributed by atoms with van der Waals surface area (Å²) in [6.45, 7) is 1.84. The molecule has 0 aliphatic carbocycles. The monoisotopic (exact) mass is 442 g/mol. The minimum atomic E-state index is -0.802. The van der Waals surface area contributed by atoms with E-state index in [0.29, 0.717) is 42.3 Å². The van der Waals surface area contributed by atoms with Gasteiger partial charge in [-0.25, -0.2) is 0 Å². The molecule has 2 atom stereocenters. The van der Waals surface area contributed by atoms with E-state index in [2.05, 4.69) is 6.07 Å². The van der Waals surface area contributed by atoms with Gasteiger partial charge in [0.2, 0.25) is 6.04 Å². The quantitative estimate of drug-likeness (QED) is 0.350. The fourth-order valence-electron chi connectivity index (χ4n) is 3.70. The van der Waals surface area contributed by atoms with Crippen molar-refractivity contribution in [3.8, 4) is 29.1 Å². The number of nitrogens with zero attached hydrogens (tertiary/aromatic N) is 2. The van der Waals surface area contributed by atoms with E-state index in [1.165, 1.54) is 7.11 Å². The Morgan fingerprint density at radius 2 is 1.53 bits per heavy atom. The second-order valence-corrected chi connectivity index (χ2v) is 7.74. The fourth-order valence-corrected chi connectivity index (χ4v) is 3.70. The first kappa shape index (κ1) is 24.8. The molecule has 0 spiro atoms. The Labute approximate surface area is 188 Å². The zero-order valence-corrected chi connectivity index (χ0v) is 19.2. The van der Waals surface area contributed by atoms with Crippen LogP contribution in [0.2, 0.25) is 0 Å². The molecule has 2 unspecified atom stereocenters. The van der Waals surface area contributed by atoms with E-state index >= 15 is 0 Å². The Kier molecular flexibility index (Phi) is 8.71. The second-order valence-electron chi connectivity index (χ2n) is 7.74. The molecule has 0 fully saturated rings. The van der Waals surface area contributed by atoms with Crippen molar-refractivity contribution in [3.63, 3.8) is 0 Å². The van der Waals surface area contributed by atoms with Crippen LogP contribution in [0.15, 0.2) is 36.4 Å². The maximum absolute atomic E-state index is 11.7. The molecule has 172 valence electrons. The summed E-state index contributed by atoms with van der Waals surface area (Å²) < 4.78 is 21.1. The smallest absolute Gasteiger partial charge is 0.217 e. The summed E-state index contributed by atoms with van der Waals surface area (Å²) in [5, 5.41) is 21.5. The van der Waals surface area contributed by atoms with Crippen molar-refractivity contribution in [2.45, 2.75) is 44.1 Å². The van der Waals surface area contributed by atoms with E-state index in [1.54, 1.807) is 51.7 Å². The summed E-state index contributed by atoms with van der Waals surface area (Å²) in [5.41, 5.74) is 0.784. The molecule has 0 radical (unpaired) electrons. The third kappa shape index (κ3) is 5.82. The van der Waals surface area contributed by atoms with Gasteiger partial charge in [0.1, 0.15) is 0 Å². The highest BCUT2D eigenvalue weighted by Crippen LogP contribution is 2.36. The van der Waals surface area contributed by atoms with Crippen molar-refractivity contribution in [2.75, 3.05) is 28.4 Å². The summed E-state index contributed by atoms with van der Waals surface area (Å²) in [6.07, 6.45) is 1.63. The SMILES string of the molecule is COc1ccc(CC(CCCC(C)(C#N)c2ccc(OC)c(OC)c2)[N+](=O)[O-])cc1OC. The molecular formula is C24H30N2O6. The lowest BCUT2D eigenvalue weighted by molar-refractivity contribution is -0.523. The Hall–Kier alpha value is -3.47.